The minimum Gasteiger partial charge on any atom is -0.496 e. The van der Waals surface area contributed by atoms with Gasteiger partial charge in [-0.25, -0.2) is 4.39 Å². The Morgan fingerprint density at radius 1 is 1.17 bits per heavy atom. The smallest absolute Gasteiger partial charge is 0.263 e. The molecule has 2 rings (SSSR count). The second kappa shape index (κ2) is 7.63. The van der Waals surface area contributed by atoms with Gasteiger partial charge in [-0.05, 0) is 37.3 Å². The number of carbonyl (C=O) groups is 1. The fourth-order valence-corrected chi connectivity index (χ4v) is 2.25. The van der Waals surface area contributed by atoms with Crippen molar-refractivity contribution in [1.29, 1.82) is 0 Å². The third kappa shape index (κ3) is 4.45. The molecule has 2 aromatic carbocycles. The summed E-state index contributed by atoms with van der Waals surface area (Å²) in [7, 11) is 3.31. The highest BCUT2D eigenvalue weighted by Gasteiger charge is 2.20. The number of likely N-dealkylation sites (N-methyl/N-ethyl adjacent to an activating group) is 1. The van der Waals surface area contributed by atoms with E-state index in [4.69, 9.17) is 9.47 Å². The highest BCUT2D eigenvalue weighted by molar-refractivity contribution is 5.80. The van der Waals surface area contributed by atoms with Gasteiger partial charge < -0.3 is 14.4 Å². The number of ether oxygens (including phenoxy) is 2. The van der Waals surface area contributed by atoms with Gasteiger partial charge in [-0.1, -0.05) is 18.2 Å². The first-order valence-electron chi connectivity index (χ1n) is 7.30. The molecule has 0 radical (unpaired) electrons. The van der Waals surface area contributed by atoms with Crippen molar-refractivity contribution >= 4 is 5.91 Å². The standard InChI is InChI=1S/C18H20FNO3/c1-13(23-16-10-8-15(19)9-11-16)18(21)20(2)12-14-6-4-5-7-17(14)22-3/h4-11,13H,12H2,1-3H3/t13-/m1/s1. The molecule has 0 bridgehead atoms. The van der Waals surface area contributed by atoms with E-state index >= 15 is 0 Å². The lowest BCUT2D eigenvalue weighted by atomic mass is 10.2. The zero-order valence-corrected chi connectivity index (χ0v) is 13.5. The predicted molar refractivity (Wildman–Crippen MR) is 86.0 cm³/mol. The van der Waals surface area contributed by atoms with E-state index in [0.717, 1.165) is 11.3 Å². The number of amides is 1. The molecular formula is C18H20FNO3. The largest absolute Gasteiger partial charge is 0.496 e. The van der Waals surface area contributed by atoms with Crippen LogP contribution in [0.5, 0.6) is 11.5 Å². The maximum absolute atomic E-state index is 12.9. The van der Waals surface area contributed by atoms with Gasteiger partial charge in [0.2, 0.25) is 0 Å². The molecule has 0 saturated carbocycles. The second-order valence-electron chi connectivity index (χ2n) is 5.22. The van der Waals surface area contributed by atoms with Gasteiger partial charge in [-0.15, -0.1) is 0 Å². The third-order valence-electron chi connectivity index (χ3n) is 3.45. The molecular weight excluding hydrogens is 297 g/mol. The van der Waals surface area contributed by atoms with Crippen LogP contribution >= 0.6 is 0 Å². The fourth-order valence-electron chi connectivity index (χ4n) is 2.25. The number of para-hydroxylation sites is 1. The molecule has 0 aromatic heterocycles. The number of nitrogens with zero attached hydrogens (tertiary/aromatic N) is 1. The molecule has 1 atom stereocenters. The van der Waals surface area contributed by atoms with Gasteiger partial charge in [-0.2, -0.15) is 0 Å². The number of methoxy groups -OCH3 is 1. The van der Waals surface area contributed by atoms with Gasteiger partial charge in [0.05, 0.1) is 7.11 Å². The Morgan fingerprint density at radius 3 is 2.48 bits per heavy atom. The van der Waals surface area contributed by atoms with Crippen molar-refractivity contribution in [3.63, 3.8) is 0 Å². The lowest BCUT2D eigenvalue weighted by molar-refractivity contribution is -0.137. The molecule has 1 amide bonds. The molecule has 5 heteroatoms. The molecule has 0 aliphatic rings. The normalized spacial score (nSPS) is 11.7. The average Bonchev–Trinajstić information content (AvgIpc) is 2.56. The van der Waals surface area contributed by atoms with Gasteiger partial charge in [0, 0.05) is 19.2 Å². The van der Waals surface area contributed by atoms with E-state index in [0.29, 0.717) is 12.3 Å². The van der Waals surface area contributed by atoms with Crippen LogP contribution in [0.15, 0.2) is 48.5 Å². The van der Waals surface area contributed by atoms with Crippen molar-refractivity contribution in [3.05, 3.63) is 59.9 Å². The monoisotopic (exact) mass is 317 g/mol. The predicted octanol–water partition coefficient (Wildman–Crippen LogP) is 3.26. The summed E-state index contributed by atoms with van der Waals surface area (Å²) >= 11 is 0. The molecule has 0 fully saturated rings. The fraction of sp³-hybridized carbons (Fsp3) is 0.278. The molecule has 0 heterocycles. The van der Waals surface area contributed by atoms with Gasteiger partial charge in [-0.3, -0.25) is 4.79 Å². The molecule has 0 unspecified atom stereocenters. The van der Waals surface area contributed by atoms with Gasteiger partial charge >= 0.3 is 0 Å². The third-order valence-corrected chi connectivity index (χ3v) is 3.45. The van der Waals surface area contributed by atoms with Crippen LogP contribution in [0.4, 0.5) is 4.39 Å². The van der Waals surface area contributed by atoms with Crippen LogP contribution in [0.1, 0.15) is 12.5 Å². The topological polar surface area (TPSA) is 38.8 Å². The van der Waals surface area contributed by atoms with Crippen molar-refractivity contribution in [2.75, 3.05) is 14.2 Å². The Kier molecular flexibility index (Phi) is 5.57. The zero-order chi connectivity index (χ0) is 16.8. The maximum Gasteiger partial charge on any atom is 0.263 e. The number of benzene rings is 2. The van der Waals surface area contributed by atoms with Crippen LogP contribution in [0.3, 0.4) is 0 Å². The van der Waals surface area contributed by atoms with Crippen LogP contribution in [-0.4, -0.2) is 31.1 Å². The molecule has 0 aliphatic carbocycles. The highest BCUT2D eigenvalue weighted by Crippen LogP contribution is 2.19. The number of rotatable bonds is 6. The molecule has 0 aliphatic heterocycles. The molecule has 0 saturated heterocycles. The van der Waals surface area contributed by atoms with E-state index in [2.05, 4.69) is 0 Å². The van der Waals surface area contributed by atoms with E-state index in [9.17, 15) is 9.18 Å². The number of hydrogen-bond donors (Lipinski definition) is 0. The SMILES string of the molecule is COc1ccccc1CN(C)C(=O)[C@@H](C)Oc1ccc(F)cc1. The maximum atomic E-state index is 12.9. The minimum atomic E-state index is -0.667. The summed E-state index contributed by atoms with van der Waals surface area (Å²) in [6, 6.07) is 13.1. The molecule has 0 N–H and O–H groups in total. The lowest BCUT2D eigenvalue weighted by Crippen LogP contribution is -2.37. The van der Waals surface area contributed by atoms with E-state index in [1.165, 1.54) is 24.3 Å². The minimum absolute atomic E-state index is 0.166. The van der Waals surface area contributed by atoms with Crippen molar-refractivity contribution < 1.29 is 18.7 Å². The average molecular weight is 317 g/mol. The number of carbonyl (C=O) groups excluding carboxylic acids is 1. The van der Waals surface area contributed by atoms with E-state index in [1.54, 1.807) is 26.0 Å². The van der Waals surface area contributed by atoms with Crippen molar-refractivity contribution in [1.82, 2.24) is 4.90 Å². The van der Waals surface area contributed by atoms with Crippen LogP contribution < -0.4 is 9.47 Å². The molecule has 122 valence electrons. The zero-order valence-electron chi connectivity index (χ0n) is 13.5. The Labute approximate surface area is 135 Å². The van der Waals surface area contributed by atoms with Crippen LogP contribution in [0.2, 0.25) is 0 Å². The van der Waals surface area contributed by atoms with Gasteiger partial charge in [0.1, 0.15) is 17.3 Å². The van der Waals surface area contributed by atoms with Crippen LogP contribution in [0.25, 0.3) is 0 Å². The molecule has 23 heavy (non-hydrogen) atoms. The summed E-state index contributed by atoms with van der Waals surface area (Å²) < 4.78 is 23.7. The van der Waals surface area contributed by atoms with Crippen LogP contribution in [-0.2, 0) is 11.3 Å². The van der Waals surface area contributed by atoms with Gasteiger partial charge in [0.15, 0.2) is 6.10 Å². The number of halogens is 1. The second-order valence-corrected chi connectivity index (χ2v) is 5.22. The Bertz CT molecular complexity index is 658. The summed E-state index contributed by atoms with van der Waals surface area (Å²) in [6.45, 7) is 2.09. The van der Waals surface area contributed by atoms with Crippen molar-refractivity contribution in [2.45, 2.75) is 19.6 Å². The van der Waals surface area contributed by atoms with Gasteiger partial charge in [0.25, 0.3) is 5.91 Å². The quantitative estimate of drug-likeness (QED) is 0.821. The molecule has 0 spiro atoms. The highest BCUT2D eigenvalue weighted by atomic mass is 19.1. The first-order chi connectivity index (χ1) is 11.0. The molecule has 4 nitrogen and oxygen atoms in total. The summed E-state index contributed by atoms with van der Waals surface area (Å²) in [4.78, 5) is 14.0. The van der Waals surface area contributed by atoms with E-state index < -0.39 is 6.10 Å². The molecule has 2 aromatic rings. The first-order valence-corrected chi connectivity index (χ1v) is 7.30. The summed E-state index contributed by atoms with van der Waals surface area (Å²) in [5.74, 6) is 0.682. The van der Waals surface area contributed by atoms with Crippen LogP contribution in [0, 0.1) is 5.82 Å². The Hall–Kier alpha value is -2.56. The van der Waals surface area contributed by atoms with Crippen molar-refractivity contribution in [3.8, 4) is 11.5 Å². The lowest BCUT2D eigenvalue weighted by Gasteiger charge is -2.23. The first kappa shape index (κ1) is 16.8. The Morgan fingerprint density at radius 2 is 1.83 bits per heavy atom. The van der Waals surface area contributed by atoms with Crippen molar-refractivity contribution in [2.24, 2.45) is 0 Å². The Balaban J connectivity index is 1.99. The van der Waals surface area contributed by atoms with E-state index in [1.807, 2.05) is 24.3 Å². The number of hydrogen-bond acceptors (Lipinski definition) is 3. The van der Waals surface area contributed by atoms with E-state index in [-0.39, 0.29) is 11.7 Å². The summed E-state index contributed by atoms with van der Waals surface area (Å²) in [5.41, 5.74) is 0.917. The summed E-state index contributed by atoms with van der Waals surface area (Å²) in [5, 5.41) is 0. The summed E-state index contributed by atoms with van der Waals surface area (Å²) in [6.07, 6.45) is -0.667.